The minimum absolute atomic E-state index is 0.174. The standard InChI is InChI=1S/C5H3FO3/c6-4-1-3(2-9-4)5(7)8/h1-2H,(H,7,8). The van der Waals surface area contributed by atoms with Gasteiger partial charge in [0, 0.05) is 6.07 Å². The lowest BCUT2D eigenvalue weighted by Crippen LogP contribution is -1.91. The van der Waals surface area contributed by atoms with Crippen molar-refractivity contribution in [2.24, 2.45) is 0 Å². The molecule has 4 heteroatoms. The number of carboxylic acids is 1. The van der Waals surface area contributed by atoms with Crippen LogP contribution >= 0.6 is 0 Å². The molecule has 1 aromatic rings. The largest absolute Gasteiger partial charge is 0.478 e. The molecule has 9 heavy (non-hydrogen) atoms. The predicted molar refractivity (Wildman–Crippen MR) is 25.6 cm³/mol. The van der Waals surface area contributed by atoms with Gasteiger partial charge in [-0.15, -0.1) is 0 Å². The average molecular weight is 130 g/mol. The molecule has 1 aromatic heterocycles. The molecule has 0 atom stereocenters. The summed E-state index contributed by atoms with van der Waals surface area (Å²) in [6.45, 7) is 0. The molecule has 0 fully saturated rings. The van der Waals surface area contributed by atoms with Crippen molar-refractivity contribution in [3.8, 4) is 0 Å². The number of hydrogen-bond acceptors (Lipinski definition) is 2. The van der Waals surface area contributed by atoms with E-state index in [0.717, 1.165) is 12.3 Å². The van der Waals surface area contributed by atoms with E-state index in [4.69, 9.17) is 5.11 Å². The molecule has 0 aromatic carbocycles. The molecule has 48 valence electrons. The fourth-order valence-corrected chi connectivity index (χ4v) is 0.422. The zero-order valence-electron chi connectivity index (χ0n) is 4.30. The SMILES string of the molecule is O=C(O)c1coc(F)c1. The maximum absolute atomic E-state index is 11.9. The van der Waals surface area contributed by atoms with Gasteiger partial charge < -0.3 is 9.52 Å². The van der Waals surface area contributed by atoms with Crippen LogP contribution in [0.4, 0.5) is 4.39 Å². The molecular weight excluding hydrogens is 127 g/mol. The Morgan fingerprint density at radius 1 is 1.78 bits per heavy atom. The zero-order chi connectivity index (χ0) is 6.85. The summed E-state index contributed by atoms with van der Waals surface area (Å²) in [6.07, 6.45) is 0.845. The van der Waals surface area contributed by atoms with Crippen molar-refractivity contribution in [3.63, 3.8) is 0 Å². The fraction of sp³-hybridized carbons (Fsp3) is 0. The summed E-state index contributed by atoms with van der Waals surface area (Å²) in [7, 11) is 0. The van der Waals surface area contributed by atoms with Crippen LogP contribution in [0.25, 0.3) is 0 Å². The van der Waals surface area contributed by atoms with Gasteiger partial charge in [-0.25, -0.2) is 4.79 Å². The topological polar surface area (TPSA) is 50.4 Å². The van der Waals surface area contributed by atoms with Crippen molar-refractivity contribution in [1.29, 1.82) is 0 Å². The minimum Gasteiger partial charge on any atom is -0.478 e. The molecule has 1 heterocycles. The van der Waals surface area contributed by atoms with Crippen molar-refractivity contribution < 1.29 is 18.7 Å². The molecule has 0 aliphatic rings. The van der Waals surface area contributed by atoms with Gasteiger partial charge in [0.25, 0.3) is 6.01 Å². The highest BCUT2D eigenvalue weighted by atomic mass is 19.1. The monoisotopic (exact) mass is 130 g/mol. The van der Waals surface area contributed by atoms with Gasteiger partial charge in [-0.3, -0.25) is 0 Å². The van der Waals surface area contributed by atoms with Crippen LogP contribution < -0.4 is 0 Å². The lowest BCUT2D eigenvalue weighted by Gasteiger charge is -1.77. The first-order valence-electron chi connectivity index (χ1n) is 2.17. The third kappa shape index (κ3) is 1.07. The van der Waals surface area contributed by atoms with Crippen LogP contribution in [0.1, 0.15) is 10.4 Å². The van der Waals surface area contributed by atoms with Crippen LogP contribution in [-0.2, 0) is 0 Å². The highest BCUT2D eigenvalue weighted by Crippen LogP contribution is 2.04. The van der Waals surface area contributed by atoms with Gasteiger partial charge in [-0.2, -0.15) is 4.39 Å². The Bertz CT molecular complexity index is 228. The molecule has 0 radical (unpaired) electrons. The van der Waals surface area contributed by atoms with Crippen LogP contribution in [0, 0.1) is 6.01 Å². The smallest absolute Gasteiger partial charge is 0.339 e. The fourth-order valence-electron chi connectivity index (χ4n) is 0.422. The van der Waals surface area contributed by atoms with Gasteiger partial charge in [0.15, 0.2) is 0 Å². The first-order valence-corrected chi connectivity index (χ1v) is 2.17. The van der Waals surface area contributed by atoms with Crippen LogP contribution in [0.15, 0.2) is 16.7 Å². The second kappa shape index (κ2) is 1.89. The molecule has 0 saturated carbocycles. The summed E-state index contributed by atoms with van der Waals surface area (Å²) in [5.41, 5.74) is -0.174. The van der Waals surface area contributed by atoms with Gasteiger partial charge in [-0.05, 0) is 0 Å². The molecular formula is C5H3FO3. The van der Waals surface area contributed by atoms with E-state index >= 15 is 0 Å². The Labute approximate surface area is 49.7 Å². The maximum atomic E-state index is 11.9. The maximum Gasteiger partial charge on any atom is 0.339 e. The van der Waals surface area contributed by atoms with E-state index in [1.54, 1.807) is 0 Å². The molecule has 1 rings (SSSR count). The van der Waals surface area contributed by atoms with Crippen LogP contribution in [0.3, 0.4) is 0 Å². The molecule has 0 aliphatic carbocycles. The molecule has 0 amide bonds. The van der Waals surface area contributed by atoms with Crippen molar-refractivity contribution in [2.45, 2.75) is 0 Å². The third-order valence-corrected chi connectivity index (χ3v) is 0.814. The minimum atomic E-state index is -1.19. The summed E-state index contributed by atoms with van der Waals surface area (Å²) in [4.78, 5) is 9.99. The van der Waals surface area contributed by atoms with Gasteiger partial charge in [-0.1, -0.05) is 0 Å². The highest BCUT2D eigenvalue weighted by Gasteiger charge is 2.05. The van der Waals surface area contributed by atoms with E-state index < -0.39 is 12.0 Å². The zero-order valence-corrected chi connectivity index (χ0v) is 4.30. The Hall–Kier alpha value is -1.32. The summed E-state index contributed by atoms with van der Waals surface area (Å²) in [5, 5.41) is 8.17. The number of hydrogen-bond donors (Lipinski definition) is 1. The summed E-state index contributed by atoms with van der Waals surface area (Å²) in [6, 6.07) is -0.0742. The van der Waals surface area contributed by atoms with Gasteiger partial charge >= 0.3 is 5.97 Å². The van der Waals surface area contributed by atoms with Crippen LogP contribution in [0.2, 0.25) is 0 Å². The molecule has 0 saturated heterocycles. The normalized spacial score (nSPS) is 9.44. The first kappa shape index (κ1) is 5.81. The van der Waals surface area contributed by atoms with E-state index in [0.29, 0.717) is 0 Å². The van der Waals surface area contributed by atoms with E-state index in [-0.39, 0.29) is 5.56 Å². The van der Waals surface area contributed by atoms with E-state index in [9.17, 15) is 9.18 Å². The first-order chi connectivity index (χ1) is 4.20. The molecule has 0 unspecified atom stereocenters. The Balaban J connectivity index is 2.98. The number of carbonyl (C=O) groups is 1. The van der Waals surface area contributed by atoms with Crippen LogP contribution in [-0.4, -0.2) is 11.1 Å². The summed E-state index contributed by atoms with van der Waals surface area (Å²) < 4.78 is 15.9. The average Bonchev–Trinajstić information content (AvgIpc) is 2.14. The van der Waals surface area contributed by atoms with Crippen molar-refractivity contribution in [1.82, 2.24) is 0 Å². The van der Waals surface area contributed by atoms with E-state index in [1.165, 1.54) is 0 Å². The predicted octanol–water partition coefficient (Wildman–Crippen LogP) is 1.12. The lowest BCUT2D eigenvalue weighted by molar-refractivity contribution is 0.0696. The van der Waals surface area contributed by atoms with Crippen molar-refractivity contribution in [2.75, 3.05) is 0 Å². The van der Waals surface area contributed by atoms with E-state index in [1.807, 2.05) is 0 Å². The van der Waals surface area contributed by atoms with Crippen molar-refractivity contribution in [3.05, 3.63) is 23.9 Å². The highest BCUT2D eigenvalue weighted by molar-refractivity contribution is 5.86. The molecule has 0 spiro atoms. The lowest BCUT2D eigenvalue weighted by atomic mass is 10.4. The van der Waals surface area contributed by atoms with Crippen molar-refractivity contribution >= 4 is 5.97 Å². The van der Waals surface area contributed by atoms with Gasteiger partial charge in [0.1, 0.15) is 11.8 Å². The van der Waals surface area contributed by atoms with Crippen LogP contribution in [0.5, 0.6) is 0 Å². The summed E-state index contributed by atoms with van der Waals surface area (Å²) >= 11 is 0. The molecule has 1 N–H and O–H groups in total. The van der Waals surface area contributed by atoms with E-state index in [2.05, 4.69) is 4.42 Å². The molecule has 0 aliphatic heterocycles. The second-order valence-corrected chi connectivity index (χ2v) is 1.44. The van der Waals surface area contributed by atoms with Gasteiger partial charge in [0.05, 0.1) is 0 Å². The Kier molecular flexibility index (Phi) is 1.22. The molecule has 0 bridgehead atoms. The number of halogens is 1. The number of rotatable bonds is 1. The summed E-state index contributed by atoms with van der Waals surface area (Å²) in [5.74, 6) is -1.19. The van der Waals surface area contributed by atoms with Gasteiger partial charge in [0.2, 0.25) is 0 Å². The quantitative estimate of drug-likeness (QED) is 0.619. The number of carboxylic acid groups (broad SMARTS) is 1. The number of aromatic carboxylic acids is 1. The Morgan fingerprint density at radius 2 is 2.44 bits per heavy atom. The number of furan rings is 1. The second-order valence-electron chi connectivity index (χ2n) is 1.44. The molecule has 3 nitrogen and oxygen atoms in total. The Morgan fingerprint density at radius 3 is 2.67 bits per heavy atom. The third-order valence-electron chi connectivity index (χ3n) is 0.814.